The Hall–Kier alpha value is -1.56. The van der Waals surface area contributed by atoms with Crippen LogP contribution in [0.3, 0.4) is 0 Å². The molecule has 0 heterocycles. The number of carbonyl (C=O) groups excluding carboxylic acids is 1. The van der Waals surface area contributed by atoms with Gasteiger partial charge in [-0.05, 0) is 13.8 Å². The molecule has 3 N–H and O–H groups in total. The number of carbonyl (C=O) groups is 2. The van der Waals surface area contributed by atoms with Gasteiger partial charge in [-0.25, -0.2) is 9.59 Å². The molecule has 0 aliphatic heterocycles. The van der Waals surface area contributed by atoms with Crippen molar-refractivity contribution in [2.24, 2.45) is 0 Å². The second kappa shape index (κ2) is 7.67. The Kier molecular flexibility index (Phi) is 6.97. The van der Waals surface area contributed by atoms with E-state index in [9.17, 15) is 9.59 Å². The van der Waals surface area contributed by atoms with Crippen LogP contribution in [0.4, 0.5) is 4.79 Å². The zero-order valence-electron chi connectivity index (χ0n) is 10.3. The minimum atomic E-state index is -1.15. The topological polar surface area (TPSA) is 89.9 Å². The number of rotatable bonds is 7. The molecule has 0 radical (unpaired) electrons. The van der Waals surface area contributed by atoms with E-state index in [2.05, 4.69) is 11.9 Å². The van der Waals surface area contributed by atoms with Crippen molar-refractivity contribution in [2.45, 2.75) is 26.3 Å². The lowest BCUT2D eigenvalue weighted by atomic mass is 10.2. The summed E-state index contributed by atoms with van der Waals surface area (Å²) >= 11 is 0. The Bertz CT molecular complexity index is 291. The summed E-state index contributed by atoms with van der Waals surface area (Å²) < 4.78 is 0. The summed E-state index contributed by atoms with van der Waals surface area (Å²) in [4.78, 5) is 24.0. The van der Waals surface area contributed by atoms with E-state index in [1.165, 1.54) is 4.90 Å². The number of carboxylic acid groups (broad SMARTS) is 1. The van der Waals surface area contributed by atoms with Gasteiger partial charge in [0, 0.05) is 26.1 Å². The zero-order valence-corrected chi connectivity index (χ0v) is 10.3. The van der Waals surface area contributed by atoms with Gasteiger partial charge in [0.1, 0.15) is 6.04 Å². The van der Waals surface area contributed by atoms with Crippen LogP contribution in [0.25, 0.3) is 0 Å². The fourth-order valence-corrected chi connectivity index (χ4v) is 1.28. The van der Waals surface area contributed by atoms with E-state index in [4.69, 9.17) is 10.2 Å². The Morgan fingerprint density at radius 2 is 2.06 bits per heavy atom. The first kappa shape index (κ1) is 15.4. The van der Waals surface area contributed by atoms with Crippen molar-refractivity contribution in [3.05, 3.63) is 12.2 Å². The second-order valence-corrected chi connectivity index (χ2v) is 3.82. The van der Waals surface area contributed by atoms with E-state index in [-0.39, 0.29) is 13.0 Å². The quantitative estimate of drug-likeness (QED) is 0.566. The number of aliphatic carboxylic acids is 1. The van der Waals surface area contributed by atoms with Crippen LogP contribution < -0.4 is 5.32 Å². The Labute approximate surface area is 101 Å². The highest BCUT2D eigenvalue weighted by atomic mass is 16.4. The number of hydrogen-bond donors (Lipinski definition) is 3. The summed E-state index contributed by atoms with van der Waals surface area (Å²) in [5.74, 6) is -1.15. The molecule has 0 bridgehead atoms. The molecule has 0 aliphatic carbocycles. The molecule has 0 aromatic rings. The van der Waals surface area contributed by atoms with Gasteiger partial charge in [-0.3, -0.25) is 0 Å². The van der Waals surface area contributed by atoms with Gasteiger partial charge in [-0.15, -0.1) is 0 Å². The number of likely N-dealkylation sites (N-methyl/N-ethyl adjacent to an activating group) is 1. The summed E-state index contributed by atoms with van der Waals surface area (Å²) in [6.07, 6.45) is -0.00824. The minimum Gasteiger partial charge on any atom is -0.480 e. The standard InChI is InChI=1S/C11H20N2O4/c1-4-13(7-8(2)3)11(17)12-9(5-6-14)10(15)16/h9,14H,2,4-7H2,1,3H3,(H,12,17)(H,15,16)/t9-/m0/s1. The molecule has 6 nitrogen and oxygen atoms in total. The average Bonchev–Trinajstić information content (AvgIpc) is 2.24. The third-order valence-electron chi connectivity index (χ3n) is 2.14. The first-order valence-electron chi connectivity index (χ1n) is 5.45. The second-order valence-electron chi connectivity index (χ2n) is 3.82. The first-order chi connectivity index (χ1) is 7.92. The van der Waals surface area contributed by atoms with Crippen LogP contribution in [-0.2, 0) is 4.79 Å². The number of urea groups is 1. The predicted octanol–water partition coefficient (Wildman–Crippen LogP) is 0.430. The maximum absolute atomic E-state index is 11.7. The van der Waals surface area contributed by atoms with E-state index in [0.717, 1.165) is 5.57 Å². The molecule has 98 valence electrons. The van der Waals surface area contributed by atoms with E-state index < -0.39 is 18.0 Å². The summed E-state index contributed by atoms with van der Waals surface area (Å²) in [6.45, 7) is 7.84. The molecule has 0 saturated heterocycles. The van der Waals surface area contributed by atoms with Crippen LogP contribution in [-0.4, -0.2) is 52.9 Å². The number of aliphatic hydroxyl groups excluding tert-OH is 1. The molecule has 2 amide bonds. The lowest BCUT2D eigenvalue weighted by Gasteiger charge is -2.23. The third-order valence-corrected chi connectivity index (χ3v) is 2.14. The van der Waals surface area contributed by atoms with Crippen LogP contribution in [0.15, 0.2) is 12.2 Å². The lowest BCUT2D eigenvalue weighted by molar-refractivity contribution is -0.139. The predicted molar refractivity (Wildman–Crippen MR) is 63.7 cm³/mol. The molecule has 0 unspecified atom stereocenters. The van der Waals surface area contributed by atoms with Crippen LogP contribution >= 0.6 is 0 Å². The molecule has 1 atom stereocenters. The summed E-state index contributed by atoms with van der Waals surface area (Å²) in [7, 11) is 0. The van der Waals surface area contributed by atoms with Gasteiger partial charge in [0.05, 0.1) is 0 Å². The molecule has 0 aromatic heterocycles. The van der Waals surface area contributed by atoms with E-state index in [0.29, 0.717) is 13.1 Å². The highest BCUT2D eigenvalue weighted by Gasteiger charge is 2.21. The van der Waals surface area contributed by atoms with Crippen LogP contribution in [0.2, 0.25) is 0 Å². The van der Waals surface area contributed by atoms with E-state index >= 15 is 0 Å². The summed E-state index contributed by atoms with van der Waals surface area (Å²) in [5, 5.41) is 19.9. The average molecular weight is 244 g/mol. The van der Waals surface area contributed by atoms with Crippen LogP contribution in [0, 0.1) is 0 Å². The van der Waals surface area contributed by atoms with E-state index in [1.54, 1.807) is 13.8 Å². The first-order valence-corrected chi connectivity index (χ1v) is 5.45. The molecule has 0 aromatic carbocycles. The number of nitrogens with zero attached hydrogens (tertiary/aromatic N) is 1. The highest BCUT2D eigenvalue weighted by Crippen LogP contribution is 1.99. The number of carboxylic acids is 1. The van der Waals surface area contributed by atoms with Crippen molar-refractivity contribution in [3.63, 3.8) is 0 Å². The molecule has 17 heavy (non-hydrogen) atoms. The molecule has 0 saturated carbocycles. The SMILES string of the molecule is C=C(C)CN(CC)C(=O)N[C@@H](CCO)C(=O)O. The Balaban J connectivity index is 4.45. The van der Waals surface area contributed by atoms with Gasteiger partial charge in [0.2, 0.25) is 0 Å². The van der Waals surface area contributed by atoms with Crippen molar-refractivity contribution in [3.8, 4) is 0 Å². The molecule has 0 fully saturated rings. The fourth-order valence-electron chi connectivity index (χ4n) is 1.28. The largest absolute Gasteiger partial charge is 0.480 e. The van der Waals surface area contributed by atoms with Gasteiger partial charge in [0.25, 0.3) is 0 Å². The number of nitrogens with one attached hydrogen (secondary N) is 1. The lowest BCUT2D eigenvalue weighted by Crippen LogP contribution is -2.48. The minimum absolute atomic E-state index is 0.00824. The Morgan fingerprint density at radius 3 is 2.41 bits per heavy atom. The van der Waals surface area contributed by atoms with Gasteiger partial charge in [0.15, 0.2) is 0 Å². The number of amides is 2. The molecular formula is C11H20N2O4. The third kappa shape index (κ3) is 5.91. The van der Waals surface area contributed by atoms with Gasteiger partial charge in [-0.1, -0.05) is 12.2 Å². The maximum atomic E-state index is 11.7. The van der Waals surface area contributed by atoms with Crippen LogP contribution in [0.5, 0.6) is 0 Å². The maximum Gasteiger partial charge on any atom is 0.326 e. The van der Waals surface area contributed by atoms with Crippen molar-refractivity contribution >= 4 is 12.0 Å². The van der Waals surface area contributed by atoms with Gasteiger partial charge in [-0.2, -0.15) is 0 Å². The zero-order chi connectivity index (χ0) is 13.4. The molecular weight excluding hydrogens is 224 g/mol. The molecule has 0 rings (SSSR count). The smallest absolute Gasteiger partial charge is 0.326 e. The monoisotopic (exact) mass is 244 g/mol. The molecule has 0 aliphatic rings. The van der Waals surface area contributed by atoms with Crippen molar-refractivity contribution < 1.29 is 19.8 Å². The molecule has 6 heteroatoms. The number of hydrogen-bond acceptors (Lipinski definition) is 3. The molecule has 0 spiro atoms. The van der Waals surface area contributed by atoms with E-state index in [1.807, 2.05) is 0 Å². The summed E-state index contributed by atoms with van der Waals surface area (Å²) in [6, 6.07) is -1.52. The van der Waals surface area contributed by atoms with Crippen molar-refractivity contribution in [1.29, 1.82) is 0 Å². The number of aliphatic hydroxyl groups is 1. The fraction of sp³-hybridized carbons (Fsp3) is 0.636. The van der Waals surface area contributed by atoms with Crippen molar-refractivity contribution in [2.75, 3.05) is 19.7 Å². The van der Waals surface area contributed by atoms with Crippen LogP contribution in [0.1, 0.15) is 20.3 Å². The Morgan fingerprint density at radius 1 is 1.47 bits per heavy atom. The highest BCUT2D eigenvalue weighted by molar-refractivity contribution is 5.82. The van der Waals surface area contributed by atoms with Crippen molar-refractivity contribution in [1.82, 2.24) is 10.2 Å². The van der Waals surface area contributed by atoms with Gasteiger partial charge >= 0.3 is 12.0 Å². The normalized spacial score (nSPS) is 11.7. The van der Waals surface area contributed by atoms with Gasteiger partial charge < -0.3 is 20.4 Å². The summed E-state index contributed by atoms with van der Waals surface area (Å²) in [5.41, 5.74) is 0.816.